The molecule has 16 heteroatoms. The minimum Gasteiger partial charge on any atom is -0.459 e. The van der Waals surface area contributed by atoms with Crippen LogP contribution < -0.4 is 9.47 Å². The van der Waals surface area contributed by atoms with Crippen molar-refractivity contribution in [1.82, 2.24) is 4.90 Å². The first-order valence-electron chi connectivity index (χ1n) is 26.2. The second-order valence-corrected chi connectivity index (χ2v) is 19.7. The molecule has 1 saturated carbocycles. The number of nitro benzene ring substituents is 2. The number of nitrogens with zero attached hydrogens (tertiary/aromatic N) is 4. The Balaban J connectivity index is 1.22. The largest absolute Gasteiger partial charge is 0.459 e. The number of oxime groups is 1. The average molecular weight is 1060 g/mol. The number of amides is 1. The number of fused-ring (bicyclic) bond motifs is 2. The Hall–Kier alpha value is -8.31. The van der Waals surface area contributed by atoms with Crippen LogP contribution in [0.25, 0.3) is 17.2 Å². The number of unbranched alkanes of at least 4 members (excludes halogenated alkanes) is 2. The molecule has 6 aromatic rings. The summed E-state index contributed by atoms with van der Waals surface area (Å²) in [6.45, 7) is 3.98. The summed E-state index contributed by atoms with van der Waals surface area (Å²) in [5, 5.41) is 48.1. The zero-order chi connectivity index (χ0) is 54.6. The van der Waals surface area contributed by atoms with Crippen molar-refractivity contribution in [2.24, 2.45) is 22.9 Å². The summed E-state index contributed by atoms with van der Waals surface area (Å²) >= 11 is 0. The van der Waals surface area contributed by atoms with Crippen LogP contribution in [0.2, 0.25) is 0 Å². The molecule has 9 rings (SSSR count). The molecule has 1 heterocycles. The van der Waals surface area contributed by atoms with Gasteiger partial charge in [0.2, 0.25) is 11.7 Å². The fourth-order valence-electron chi connectivity index (χ4n) is 11.2. The first-order valence-corrected chi connectivity index (χ1v) is 26.2. The molecule has 0 saturated heterocycles. The van der Waals surface area contributed by atoms with Gasteiger partial charge < -0.3 is 34.2 Å². The molecule has 78 heavy (non-hydrogen) atoms. The molecule has 0 bridgehead atoms. The van der Waals surface area contributed by atoms with Gasteiger partial charge in [-0.1, -0.05) is 84.7 Å². The maximum atomic E-state index is 15.3. The van der Waals surface area contributed by atoms with Crippen molar-refractivity contribution < 1.29 is 48.3 Å². The predicted octanol–water partition coefficient (Wildman–Crippen LogP) is 12.7. The molecule has 0 unspecified atom stereocenters. The quantitative estimate of drug-likeness (QED) is 0.0192. The van der Waals surface area contributed by atoms with Crippen LogP contribution in [-0.2, 0) is 27.5 Å². The number of ether oxygens (including phenoxy) is 3. The summed E-state index contributed by atoms with van der Waals surface area (Å²) in [7, 11) is 0. The van der Waals surface area contributed by atoms with Crippen molar-refractivity contribution in [3.05, 3.63) is 224 Å². The fraction of sp³-hybridized carbons (Fsp3) is 0.290. The molecular weight excluding hydrogens is 996 g/mol. The van der Waals surface area contributed by atoms with Gasteiger partial charge in [0.05, 0.1) is 28.1 Å². The molecule has 6 atom stereocenters. The number of rotatable bonds is 24. The van der Waals surface area contributed by atoms with E-state index in [4.69, 9.17) is 24.2 Å². The zero-order valence-corrected chi connectivity index (χ0v) is 43.0. The normalized spacial score (nSPS) is 20.7. The zero-order valence-electron chi connectivity index (χ0n) is 43.0. The van der Waals surface area contributed by atoms with Gasteiger partial charge in [-0.2, -0.15) is 0 Å². The number of nitro groups is 2. The molecule has 6 aromatic carbocycles. The maximum Gasteiger partial charge on any atom is 0.269 e. The van der Waals surface area contributed by atoms with Crippen molar-refractivity contribution in [3.63, 3.8) is 0 Å². The monoisotopic (exact) mass is 1060 g/mol. The first kappa shape index (κ1) is 54.5. The molecule has 2 N–H and O–H groups in total. The fourth-order valence-corrected chi connectivity index (χ4v) is 11.2. The molecule has 0 spiro atoms. The van der Waals surface area contributed by atoms with Crippen LogP contribution in [0.4, 0.5) is 15.8 Å². The van der Waals surface area contributed by atoms with Crippen LogP contribution in [0, 0.1) is 43.8 Å². The highest BCUT2D eigenvalue weighted by atomic mass is 19.1. The molecule has 2 aliphatic carbocycles. The molecule has 15 nitrogen and oxygen atoms in total. The summed E-state index contributed by atoms with van der Waals surface area (Å²) in [6.07, 6.45) is 10.8. The van der Waals surface area contributed by atoms with Crippen LogP contribution in [0.1, 0.15) is 73.1 Å². The second kappa shape index (κ2) is 25.2. The molecule has 1 fully saturated rings. The summed E-state index contributed by atoms with van der Waals surface area (Å²) < 4.78 is 35.9. The predicted molar refractivity (Wildman–Crippen MR) is 294 cm³/mol. The number of benzene rings is 6. The van der Waals surface area contributed by atoms with Crippen molar-refractivity contribution >= 4 is 29.1 Å². The molecule has 3 aliphatic rings. The Morgan fingerprint density at radius 2 is 1.44 bits per heavy atom. The van der Waals surface area contributed by atoms with E-state index in [1.807, 2.05) is 72.8 Å². The third kappa shape index (κ3) is 12.4. The molecule has 1 aliphatic heterocycles. The van der Waals surface area contributed by atoms with Gasteiger partial charge >= 0.3 is 0 Å². The van der Waals surface area contributed by atoms with E-state index in [1.165, 1.54) is 42.5 Å². The number of hydrogen-bond donors (Lipinski definition) is 2. The number of hydrogen-bond acceptors (Lipinski definition) is 12. The molecular formula is C62H61FN4O11. The van der Waals surface area contributed by atoms with Crippen molar-refractivity contribution in [3.8, 4) is 28.4 Å². The first-order chi connectivity index (χ1) is 38.0. The average Bonchev–Trinajstić information content (AvgIpc) is 3.33. The van der Waals surface area contributed by atoms with Crippen molar-refractivity contribution in [2.75, 3.05) is 19.8 Å². The number of aliphatic hydroxyl groups excluding tert-OH is 2. The van der Waals surface area contributed by atoms with Gasteiger partial charge in [-0.15, -0.1) is 6.58 Å². The van der Waals surface area contributed by atoms with Gasteiger partial charge in [0.1, 0.15) is 35.7 Å². The maximum absolute atomic E-state index is 15.3. The number of aliphatic hydroxyl groups is 2. The van der Waals surface area contributed by atoms with Gasteiger partial charge in [0.15, 0.2) is 0 Å². The molecule has 1 amide bonds. The Kier molecular flexibility index (Phi) is 17.6. The molecule has 0 radical (unpaired) electrons. The summed E-state index contributed by atoms with van der Waals surface area (Å²) in [6, 6.07) is 40.3. The Morgan fingerprint density at radius 3 is 2.10 bits per heavy atom. The number of allylic oxidation sites excluding steroid dienone is 1. The van der Waals surface area contributed by atoms with Crippen molar-refractivity contribution in [1.29, 1.82) is 0 Å². The summed E-state index contributed by atoms with van der Waals surface area (Å²) in [5.74, 6) is -2.20. The van der Waals surface area contributed by atoms with Gasteiger partial charge in [-0.25, -0.2) is 4.39 Å². The van der Waals surface area contributed by atoms with Gasteiger partial charge in [0, 0.05) is 68.0 Å². The third-order valence-corrected chi connectivity index (χ3v) is 14.8. The standard InChI is InChI=1S/C62H61FN4O11/c1-2-36-75-62-58(65(40-43-14-23-48(63)24-15-43)59(70)33-20-42-16-25-49(26-17-42)66(71)72)39-56(64-76-41-44-18-27-50(28-19-44)67(73)74)54-37-47(12-6-8-34-68)53(13-7-9-35-69)60(61(54)62)55-38-52(31-32-57(55)78-62)77-51-29-21-46(22-30-51)45-10-4-3-5-11-45/h2-5,10-11,14-33,37-38,47,53,58,60-61,68-69H,1,6-9,12-13,34-36,39-41H2/t47-,53+,58-,60+,61+,62+/m0/s1. The van der Waals surface area contributed by atoms with E-state index in [1.54, 1.807) is 53.5 Å². The van der Waals surface area contributed by atoms with E-state index in [2.05, 4.69) is 12.7 Å². The van der Waals surface area contributed by atoms with E-state index in [9.17, 15) is 34.8 Å². The lowest BCUT2D eigenvalue weighted by Crippen LogP contribution is -2.70. The van der Waals surface area contributed by atoms with Crippen LogP contribution in [0.3, 0.4) is 0 Å². The van der Waals surface area contributed by atoms with E-state index in [0.29, 0.717) is 71.8 Å². The highest BCUT2D eigenvalue weighted by molar-refractivity contribution is 6.03. The Labute approximate surface area is 451 Å². The van der Waals surface area contributed by atoms with E-state index >= 15 is 4.79 Å². The molecule has 402 valence electrons. The number of non-ortho nitro benzene ring substituents is 2. The highest BCUT2D eigenvalue weighted by Gasteiger charge is 2.65. The van der Waals surface area contributed by atoms with E-state index < -0.39 is 45.2 Å². The lowest BCUT2D eigenvalue weighted by Gasteiger charge is -2.60. The lowest BCUT2D eigenvalue weighted by molar-refractivity contribution is -0.385. The van der Waals surface area contributed by atoms with Crippen LogP contribution in [0.5, 0.6) is 17.2 Å². The number of halogens is 1. The second-order valence-electron chi connectivity index (χ2n) is 19.7. The van der Waals surface area contributed by atoms with Gasteiger partial charge in [-0.3, -0.25) is 25.0 Å². The van der Waals surface area contributed by atoms with Gasteiger partial charge in [0.25, 0.3) is 11.4 Å². The topological polar surface area (TPSA) is 196 Å². The molecule has 0 aromatic heterocycles. The van der Waals surface area contributed by atoms with Crippen LogP contribution in [-0.4, -0.2) is 68.2 Å². The van der Waals surface area contributed by atoms with Crippen molar-refractivity contribution in [2.45, 2.75) is 75.8 Å². The minimum atomic E-state index is -1.66. The lowest BCUT2D eigenvalue weighted by atomic mass is 9.55. The number of carbonyl (C=O) groups is 1. The SMILES string of the molecule is C=CCO[C@@]12Oc3ccc(Oc4ccc(-c5ccccc5)cc4)cc3[C@H]3[C@H](CCCCO)[C@@H](CCCCO)C=C(C(=NOCc4ccc([N+](=O)[O-])cc4)C[C@@H]1N(Cc1ccc(F)cc1)C(=O)C=Cc1ccc([N+](=O)[O-])cc1)[C@H]32. The smallest absolute Gasteiger partial charge is 0.269 e. The van der Waals surface area contributed by atoms with E-state index in [0.717, 1.165) is 28.7 Å². The van der Waals surface area contributed by atoms with E-state index in [-0.39, 0.29) is 62.6 Å². The highest BCUT2D eigenvalue weighted by Crippen LogP contribution is 2.62. The Morgan fingerprint density at radius 1 is 0.795 bits per heavy atom. The summed E-state index contributed by atoms with van der Waals surface area (Å²) in [5.41, 5.74) is 5.80. The third-order valence-electron chi connectivity index (χ3n) is 14.8. The van der Waals surface area contributed by atoms with Gasteiger partial charge in [-0.05, 0) is 144 Å². The number of carbonyl (C=O) groups excluding carboxylic acids is 1. The minimum absolute atomic E-state index is 0.00204. The van der Waals surface area contributed by atoms with Crippen LogP contribution >= 0.6 is 0 Å². The summed E-state index contributed by atoms with van der Waals surface area (Å²) in [4.78, 5) is 45.2. The Bertz CT molecular complexity index is 3150. The van der Waals surface area contributed by atoms with Crippen LogP contribution in [0.15, 0.2) is 181 Å².